The number of methoxy groups -OCH3 is 2. The molecule has 8 nitrogen and oxygen atoms in total. The lowest BCUT2D eigenvalue weighted by Crippen LogP contribution is -2.14. The van der Waals surface area contributed by atoms with Gasteiger partial charge in [0.15, 0.2) is 0 Å². The van der Waals surface area contributed by atoms with E-state index < -0.39 is 11.9 Å². The Morgan fingerprint density at radius 2 is 1.21 bits per heavy atom. The molecule has 0 fully saturated rings. The van der Waals surface area contributed by atoms with E-state index in [1.807, 2.05) is 0 Å². The van der Waals surface area contributed by atoms with Crippen LogP contribution in [-0.4, -0.2) is 62.8 Å². The molecule has 1 aromatic rings. The minimum atomic E-state index is -0.514. The summed E-state index contributed by atoms with van der Waals surface area (Å²) in [6, 6.07) is 3.18. The lowest BCUT2D eigenvalue weighted by molar-refractivity contribution is -0.144. The van der Waals surface area contributed by atoms with E-state index in [2.05, 4.69) is 0 Å². The lowest BCUT2D eigenvalue weighted by Gasteiger charge is -2.14. The number of aliphatic hydroxyl groups is 2. The summed E-state index contributed by atoms with van der Waals surface area (Å²) in [5, 5.41) is 17.3. The van der Waals surface area contributed by atoms with Crippen LogP contribution in [0.3, 0.4) is 0 Å². The number of esters is 2. The van der Waals surface area contributed by atoms with Gasteiger partial charge < -0.3 is 29.2 Å². The summed E-state index contributed by atoms with van der Waals surface area (Å²) in [5.41, 5.74) is 1.06. The highest BCUT2D eigenvalue weighted by Gasteiger charge is 2.17. The van der Waals surface area contributed by atoms with Crippen LogP contribution in [0.15, 0.2) is 12.1 Å². The van der Waals surface area contributed by atoms with Crippen LogP contribution in [0.2, 0.25) is 0 Å². The van der Waals surface area contributed by atoms with Crippen molar-refractivity contribution >= 4 is 11.9 Å². The van der Waals surface area contributed by atoms with Crippen molar-refractivity contribution in [3.05, 3.63) is 23.3 Å². The molecule has 134 valence electrons. The van der Waals surface area contributed by atoms with Gasteiger partial charge in [-0.2, -0.15) is 0 Å². The molecule has 1 rings (SSSR count). The van der Waals surface area contributed by atoms with E-state index >= 15 is 0 Å². The second kappa shape index (κ2) is 10.5. The average Bonchev–Trinajstić information content (AvgIpc) is 2.58. The summed E-state index contributed by atoms with van der Waals surface area (Å²) in [6.07, 6.45) is -0.121. The molecule has 0 unspecified atom stereocenters. The molecule has 0 aliphatic heterocycles. The number of carbonyl (C=O) groups excluding carboxylic acids is 2. The molecule has 2 N–H and O–H groups in total. The molecule has 0 saturated carbocycles. The predicted molar refractivity (Wildman–Crippen MR) is 83.0 cm³/mol. The fourth-order valence-corrected chi connectivity index (χ4v) is 2.03. The zero-order valence-corrected chi connectivity index (χ0v) is 13.7. The lowest BCUT2D eigenvalue weighted by atomic mass is 10.0. The van der Waals surface area contributed by atoms with Gasteiger partial charge in [0, 0.05) is 11.1 Å². The molecule has 0 saturated heterocycles. The topological polar surface area (TPSA) is 112 Å². The van der Waals surface area contributed by atoms with Gasteiger partial charge in [-0.1, -0.05) is 0 Å². The molecule has 0 heterocycles. The highest BCUT2D eigenvalue weighted by atomic mass is 16.5. The highest BCUT2D eigenvalue weighted by Crippen LogP contribution is 2.30. The van der Waals surface area contributed by atoms with E-state index in [9.17, 15) is 9.59 Å². The SMILES string of the molecule is COc1cc(CC(=O)OCCO)c(OC)cc1CC(=O)OCCO. The predicted octanol–water partition coefficient (Wildman–Crippen LogP) is -0.140. The molecule has 0 bridgehead atoms. The number of hydrogen-bond acceptors (Lipinski definition) is 8. The first kappa shape index (κ1) is 19.7. The molecule has 0 spiro atoms. The zero-order chi connectivity index (χ0) is 17.9. The van der Waals surface area contributed by atoms with Gasteiger partial charge in [-0.25, -0.2) is 0 Å². The van der Waals surface area contributed by atoms with E-state index in [0.717, 1.165) is 0 Å². The van der Waals surface area contributed by atoms with Crippen molar-refractivity contribution in [3.8, 4) is 11.5 Å². The van der Waals surface area contributed by atoms with Gasteiger partial charge in [0.2, 0.25) is 0 Å². The van der Waals surface area contributed by atoms with E-state index in [1.165, 1.54) is 14.2 Å². The maximum atomic E-state index is 11.7. The fraction of sp³-hybridized carbons (Fsp3) is 0.500. The third-order valence-corrected chi connectivity index (χ3v) is 3.06. The molecule has 1 aromatic carbocycles. The van der Waals surface area contributed by atoms with Crippen LogP contribution in [-0.2, 0) is 31.9 Å². The molecular weight excluding hydrogens is 320 g/mol. The van der Waals surface area contributed by atoms with Gasteiger partial charge in [0.1, 0.15) is 24.7 Å². The molecule has 8 heteroatoms. The third-order valence-electron chi connectivity index (χ3n) is 3.06. The summed E-state index contributed by atoms with van der Waals surface area (Å²) in [4.78, 5) is 23.4. The number of benzene rings is 1. The third kappa shape index (κ3) is 6.05. The van der Waals surface area contributed by atoms with Crippen LogP contribution in [0.4, 0.5) is 0 Å². The van der Waals surface area contributed by atoms with Gasteiger partial charge in [-0.05, 0) is 12.1 Å². The standard InChI is InChI=1S/C16H22O8/c1-21-13-7-12(10-16(20)24-6-4-18)14(22-2)8-11(13)9-15(19)23-5-3-17/h7-8,17-18H,3-6,9-10H2,1-2H3. The molecule has 0 amide bonds. The van der Waals surface area contributed by atoms with E-state index in [1.54, 1.807) is 12.1 Å². The first-order chi connectivity index (χ1) is 11.5. The maximum absolute atomic E-state index is 11.7. The molecule has 0 aliphatic carbocycles. The Morgan fingerprint density at radius 3 is 1.50 bits per heavy atom. The van der Waals surface area contributed by atoms with Gasteiger partial charge in [0.05, 0.1) is 40.3 Å². The van der Waals surface area contributed by atoms with Crippen LogP contribution in [0.1, 0.15) is 11.1 Å². The van der Waals surface area contributed by atoms with Crippen molar-refractivity contribution in [1.29, 1.82) is 0 Å². The van der Waals surface area contributed by atoms with Gasteiger partial charge in [0.25, 0.3) is 0 Å². The normalized spacial score (nSPS) is 10.2. The fourth-order valence-electron chi connectivity index (χ4n) is 2.03. The Balaban J connectivity index is 2.95. The summed E-state index contributed by atoms with van der Waals surface area (Å²) in [7, 11) is 2.89. The van der Waals surface area contributed by atoms with Crippen molar-refractivity contribution in [2.75, 3.05) is 40.6 Å². The first-order valence-corrected chi connectivity index (χ1v) is 7.32. The highest BCUT2D eigenvalue weighted by molar-refractivity contribution is 5.76. The van der Waals surface area contributed by atoms with E-state index in [-0.39, 0.29) is 39.3 Å². The van der Waals surface area contributed by atoms with Crippen LogP contribution in [0.25, 0.3) is 0 Å². The minimum Gasteiger partial charge on any atom is -0.496 e. The van der Waals surface area contributed by atoms with Crippen molar-refractivity contribution in [2.24, 2.45) is 0 Å². The number of hydrogen-bond donors (Lipinski definition) is 2. The van der Waals surface area contributed by atoms with E-state index in [0.29, 0.717) is 22.6 Å². The summed E-state index contributed by atoms with van der Waals surface area (Å²) < 4.78 is 20.1. The maximum Gasteiger partial charge on any atom is 0.310 e. The quantitative estimate of drug-likeness (QED) is 0.565. The average molecular weight is 342 g/mol. The molecular formula is C16H22O8. The van der Waals surface area contributed by atoms with Crippen molar-refractivity contribution in [1.82, 2.24) is 0 Å². The van der Waals surface area contributed by atoms with Gasteiger partial charge in [-0.15, -0.1) is 0 Å². The summed E-state index contributed by atoms with van der Waals surface area (Å²) in [5.74, 6) is -0.220. The van der Waals surface area contributed by atoms with Gasteiger partial charge >= 0.3 is 11.9 Å². The Kier molecular flexibility index (Phi) is 8.59. The monoisotopic (exact) mass is 342 g/mol. The van der Waals surface area contributed by atoms with Crippen LogP contribution >= 0.6 is 0 Å². The van der Waals surface area contributed by atoms with E-state index in [4.69, 9.17) is 29.2 Å². The van der Waals surface area contributed by atoms with Crippen LogP contribution in [0, 0.1) is 0 Å². The molecule has 0 aliphatic rings. The minimum absolute atomic E-state index is 0.0607. The molecule has 0 atom stereocenters. The second-order valence-electron chi connectivity index (χ2n) is 4.72. The summed E-state index contributed by atoms with van der Waals surface area (Å²) in [6.45, 7) is -0.650. The molecule has 0 radical (unpaired) electrons. The number of rotatable bonds is 10. The summed E-state index contributed by atoms with van der Waals surface area (Å²) >= 11 is 0. The Morgan fingerprint density at radius 1 is 0.833 bits per heavy atom. The Bertz CT molecular complexity index is 506. The van der Waals surface area contributed by atoms with Crippen LogP contribution in [0.5, 0.6) is 11.5 Å². The number of carbonyl (C=O) groups is 2. The number of ether oxygens (including phenoxy) is 4. The molecule has 24 heavy (non-hydrogen) atoms. The van der Waals surface area contributed by atoms with Gasteiger partial charge in [-0.3, -0.25) is 9.59 Å². The first-order valence-electron chi connectivity index (χ1n) is 7.32. The van der Waals surface area contributed by atoms with Crippen LogP contribution < -0.4 is 9.47 Å². The Hall–Kier alpha value is -2.32. The zero-order valence-electron chi connectivity index (χ0n) is 13.7. The van der Waals surface area contributed by atoms with Crippen molar-refractivity contribution in [2.45, 2.75) is 12.8 Å². The smallest absolute Gasteiger partial charge is 0.310 e. The second-order valence-corrected chi connectivity index (χ2v) is 4.72. The largest absolute Gasteiger partial charge is 0.496 e. The van der Waals surface area contributed by atoms with Crippen molar-refractivity contribution in [3.63, 3.8) is 0 Å². The number of aliphatic hydroxyl groups excluding tert-OH is 2. The molecule has 0 aromatic heterocycles. The van der Waals surface area contributed by atoms with Crippen molar-refractivity contribution < 1.29 is 38.7 Å². The Labute approximate surface area is 139 Å².